The van der Waals surface area contributed by atoms with Gasteiger partial charge in [-0.05, 0) is 54.1 Å². The lowest BCUT2D eigenvalue weighted by Crippen LogP contribution is -2.15. The second-order valence-corrected chi connectivity index (χ2v) is 4.31. The Labute approximate surface area is 80.6 Å². The third kappa shape index (κ3) is 2.45. The van der Waals surface area contributed by atoms with Crippen molar-refractivity contribution >= 4 is 22.6 Å². The zero-order chi connectivity index (χ0) is 8.48. The van der Waals surface area contributed by atoms with Gasteiger partial charge < -0.3 is 5.11 Å². The number of hydrogen-bond donors (Lipinski definition) is 1. The van der Waals surface area contributed by atoms with E-state index in [1.54, 1.807) is 13.8 Å². The van der Waals surface area contributed by atoms with E-state index in [9.17, 15) is 5.11 Å². The lowest BCUT2D eigenvalue weighted by atomic mass is 9.99. The lowest BCUT2D eigenvalue weighted by molar-refractivity contribution is 0.0785. The van der Waals surface area contributed by atoms with E-state index in [0.29, 0.717) is 0 Å². The molecule has 0 fully saturated rings. The minimum atomic E-state index is -0.721. The minimum Gasteiger partial charge on any atom is -0.386 e. The highest BCUT2D eigenvalue weighted by atomic mass is 127. The van der Waals surface area contributed by atoms with Gasteiger partial charge in [-0.25, -0.2) is 0 Å². The van der Waals surface area contributed by atoms with Crippen LogP contribution in [0.15, 0.2) is 24.3 Å². The smallest absolute Gasteiger partial charge is 0.0840 e. The van der Waals surface area contributed by atoms with Crippen LogP contribution in [-0.4, -0.2) is 5.11 Å². The Morgan fingerprint density at radius 1 is 1.36 bits per heavy atom. The second kappa shape index (κ2) is 3.11. The molecule has 0 atom stereocenters. The molecule has 0 radical (unpaired) electrons. The SMILES string of the molecule is CC(C)(O)c1cccc(I)c1. The first-order chi connectivity index (χ1) is 5.00. The van der Waals surface area contributed by atoms with Gasteiger partial charge in [0, 0.05) is 3.57 Å². The van der Waals surface area contributed by atoms with Gasteiger partial charge in [0.05, 0.1) is 5.60 Å². The molecule has 0 saturated carbocycles. The van der Waals surface area contributed by atoms with Crippen LogP contribution in [0.2, 0.25) is 0 Å². The molecule has 0 spiro atoms. The van der Waals surface area contributed by atoms with Gasteiger partial charge in [0.15, 0.2) is 0 Å². The summed E-state index contributed by atoms with van der Waals surface area (Å²) in [7, 11) is 0. The minimum absolute atomic E-state index is 0.721. The Bertz CT molecular complexity index is 250. The van der Waals surface area contributed by atoms with E-state index >= 15 is 0 Å². The van der Waals surface area contributed by atoms with Crippen LogP contribution in [0.4, 0.5) is 0 Å². The van der Waals surface area contributed by atoms with Crippen LogP contribution >= 0.6 is 22.6 Å². The van der Waals surface area contributed by atoms with E-state index in [2.05, 4.69) is 22.6 Å². The Balaban J connectivity index is 3.06. The fourth-order valence-corrected chi connectivity index (χ4v) is 1.41. The Morgan fingerprint density at radius 2 is 2.00 bits per heavy atom. The molecule has 11 heavy (non-hydrogen) atoms. The molecule has 0 amide bonds. The molecule has 0 bridgehead atoms. The van der Waals surface area contributed by atoms with Gasteiger partial charge in [-0.15, -0.1) is 0 Å². The van der Waals surface area contributed by atoms with Crippen molar-refractivity contribution < 1.29 is 5.11 Å². The summed E-state index contributed by atoms with van der Waals surface area (Å²) in [5, 5.41) is 9.61. The van der Waals surface area contributed by atoms with Gasteiger partial charge in [-0.3, -0.25) is 0 Å². The van der Waals surface area contributed by atoms with E-state index in [1.165, 1.54) is 0 Å². The van der Waals surface area contributed by atoms with E-state index in [4.69, 9.17) is 0 Å². The maximum absolute atomic E-state index is 9.61. The largest absolute Gasteiger partial charge is 0.386 e. The number of halogens is 1. The van der Waals surface area contributed by atoms with Crippen LogP contribution in [0.25, 0.3) is 0 Å². The van der Waals surface area contributed by atoms with Crippen molar-refractivity contribution in [1.29, 1.82) is 0 Å². The van der Waals surface area contributed by atoms with Crippen LogP contribution in [0.3, 0.4) is 0 Å². The van der Waals surface area contributed by atoms with Crippen LogP contribution in [0.5, 0.6) is 0 Å². The summed E-state index contributed by atoms with van der Waals surface area (Å²) in [5.41, 5.74) is 0.241. The molecule has 60 valence electrons. The molecule has 0 heterocycles. The van der Waals surface area contributed by atoms with Gasteiger partial charge in [0.2, 0.25) is 0 Å². The van der Waals surface area contributed by atoms with Crippen molar-refractivity contribution in [2.24, 2.45) is 0 Å². The Kier molecular flexibility index (Phi) is 2.54. The fourth-order valence-electron chi connectivity index (χ4n) is 0.869. The maximum atomic E-state index is 9.61. The average Bonchev–Trinajstić information content (AvgIpc) is 1.86. The number of benzene rings is 1. The van der Waals surface area contributed by atoms with Crippen LogP contribution in [-0.2, 0) is 5.60 Å². The Hall–Kier alpha value is -0.0900. The third-order valence-electron chi connectivity index (χ3n) is 1.53. The Morgan fingerprint density at radius 3 is 2.36 bits per heavy atom. The monoisotopic (exact) mass is 262 g/mol. The van der Waals surface area contributed by atoms with E-state index < -0.39 is 5.60 Å². The second-order valence-electron chi connectivity index (χ2n) is 3.07. The van der Waals surface area contributed by atoms with Gasteiger partial charge in [-0.2, -0.15) is 0 Å². The lowest BCUT2D eigenvalue weighted by Gasteiger charge is -2.17. The topological polar surface area (TPSA) is 20.2 Å². The van der Waals surface area contributed by atoms with Gasteiger partial charge >= 0.3 is 0 Å². The number of aliphatic hydroxyl groups is 1. The van der Waals surface area contributed by atoms with E-state index in [0.717, 1.165) is 9.13 Å². The molecule has 1 aromatic rings. The zero-order valence-corrected chi connectivity index (χ0v) is 8.79. The van der Waals surface area contributed by atoms with Crippen molar-refractivity contribution in [3.63, 3.8) is 0 Å². The summed E-state index contributed by atoms with van der Waals surface area (Å²) < 4.78 is 1.15. The molecule has 0 aliphatic carbocycles. The first kappa shape index (κ1) is 9.00. The van der Waals surface area contributed by atoms with Gasteiger partial charge in [-0.1, -0.05) is 12.1 Å². The molecule has 0 unspecified atom stereocenters. The maximum Gasteiger partial charge on any atom is 0.0840 e. The van der Waals surface area contributed by atoms with Crippen molar-refractivity contribution in [2.45, 2.75) is 19.4 Å². The predicted octanol–water partition coefficient (Wildman–Crippen LogP) is 2.52. The van der Waals surface area contributed by atoms with Gasteiger partial charge in [0.25, 0.3) is 0 Å². The van der Waals surface area contributed by atoms with E-state index in [-0.39, 0.29) is 0 Å². The van der Waals surface area contributed by atoms with Crippen molar-refractivity contribution in [3.8, 4) is 0 Å². The molecule has 0 aromatic heterocycles. The van der Waals surface area contributed by atoms with Crippen LogP contribution in [0, 0.1) is 3.57 Å². The first-order valence-corrected chi connectivity index (χ1v) is 4.56. The summed E-state index contributed by atoms with van der Waals surface area (Å²) in [6.45, 7) is 3.58. The molecule has 2 heteroatoms. The van der Waals surface area contributed by atoms with Crippen LogP contribution < -0.4 is 0 Å². The number of rotatable bonds is 1. The molecule has 1 rings (SSSR count). The third-order valence-corrected chi connectivity index (χ3v) is 2.20. The highest BCUT2D eigenvalue weighted by Gasteiger charge is 2.14. The summed E-state index contributed by atoms with van der Waals surface area (Å²) in [4.78, 5) is 0. The van der Waals surface area contributed by atoms with Gasteiger partial charge in [0.1, 0.15) is 0 Å². The quantitative estimate of drug-likeness (QED) is 0.771. The molecular weight excluding hydrogens is 251 g/mol. The van der Waals surface area contributed by atoms with E-state index in [1.807, 2.05) is 24.3 Å². The molecule has 1 aromatic carbocycles. The zero-order valence-electron chi connectivity index (χ0n) is 6.63. The molecule has 0 aliphatic heterocycles. The molecule has 1 nitrogen and oxygen atoms in total. The summed E-state index contributed by atoms with van der Waals surface area (Å²) in [6, 6.07) is 7.88. The molecule has 0 aliphatic rings. The average molecular weight is 262 g/mol. The highest BCUT2D eigenvalue weighted by molar-refractivity contribution is 14.1. The summed E-state index contributed by atoms with van der Waals surface area (Å²) in [5.74, 6) is 0. The first-order valence-electron chi connectivity index (χ1n) is 3.48. The fraction of sp³-hybridized carbons (Fsp3) is 0.333. The molecular formula is C9H11IO. The summed E-state index contributed by atoms with van der Waals surface area (Å²) >= 11 is 2.23. The highest BCUT2D eigenvalue weighted by Crippen LogP contribution is 2.20. The molecule has 1 N–H and O–H groups in total. The van der Waals surface area contributed by atoms with Crippen LogP contribution in [0.1, 0.15) is 19.4 Å². The normalized spacial score (nSPS) is 11.6. The standard InChI is InChI=1S/C9H11IO/c1-9(2,11)7-4-3-5-8(10)6-7/h3-6,11H,1-2H3. The summed E-state index contributed by atoms with van der Waals surface area (Å²) in [6.07, 6.45) is 0. The van der Waals surface area contributed by atoms with Crippen molar-refractivity contribution in [2.75, 3.05) is 0 Å². The number of hydrogen-bond acceptors (Lipinski definition) is 1. The van der Waals surface area contributed by atoms with Crippen molar-refractivity contribution in [3.05, 3.63) is 33.4 Å². The van der Waals surface area contributed by atoms with Crippen molar-refractivity contribution in [1.82, 2.24) is 0 Å². The molecule has 0 saturated heterocycles. The predicted molar refractivity (Wildman–Crippen MR) is 54.4 cm³/mol.